The Morgan fingerprint density at radius 2 is 1.86 bits per heavy atom. The first-order chi connectivity index (χ1) is 10.3. The molecule has 4 rings (SSSR count). The van der Waals surface area contributed by atoms with Gasteiger partial charge in [-0.15, -0.1) is 0 Å². The summed E-state index contributed by atoms with van der Waals surface area (Å²) in [5.41, 5.74) is 11.2. The SMILES string of the molecule is Nc1ccc2c3c(oc2c1)C=CC=C(c1ccccc1)C3. The first-order valence-electron chi connectivity index (χ1n) is 7.05. The third kappa shape index (κ3) is 2.05. The van der Waals surface area contributed by atoms with Crippen LogP contribution in [-0.2, 0) is 6.42 Å². The number of anilines is 1. The van der Waals surface area contributed by atoms with Gasteiger partial charge in [-0.2, -0.15) is 0 Å². The zero-order valence-corrected chi connectivity index (χ0v) is 11.5. The maximum absolute atomic E-state index is 5.94. The Morgan fingerprint density at radius 1 is 1.00 bits per heavy atom. The minimum atomic E-state index is 0.731. The molecule has 0 fully saturated rings. The van der Waals surface area contributed by atoms with Crippen LogP contribution in [0, 0.1) is 0 Å². The van der Waals surface area contributed by atoms with Gasteiger partial charge < -0.3 is 10.2 Å². The molecular formula is C19H15NO. The molecule has 2 heteroatoms. The summed E-state index contributed by atoms with van der Waals surface area (Å²) < 4.78 is 5.94. The maximum Gasteiger partial charge on any atom is 0.137 e. The third-order valence-electron chi connectivity index (χ3n) is 3.90. The van der Waals surface area contributed by atoms with Gasteiger partial charge in [0.25, 0.3) is 0 Å². The molecule has 0 unspecified atom stereocenters. The van der Waals surface area contributed by atoms with Crippen LogP contribution in [-0.4, -0.2) is 0 Å². The molecule has 1 aromatic heterocycles. The van der Waals surface area contributed by atoms with Crippen LogP contribution in [0.15, 0.2) is 65.1 Å². The minimum absolute atomic E-state index is 0.731. The number of nitrogens with two attached hydrogens (primary N) is 1. The lowest BCUT2D eigenvalue weighted by molar-refractivity contribution is 0.600. The molecule has 1 aliphatic carbocycles. The van der Waals surface area contributed by atoms with Crippen molar-refractivity contribution in [3.63, 3.8) is 0 Å². The molecule has 21 heavy (non-hydrogen) atoms. The monoisotopic (exact) mass is 273 g/mol. The first kappa shape index (κ1) is 12.0. The molecule has 0 aliphatic heterocycles. The van der Waals surface area contributed by atoms with Gasteiger partial charge in [-0.3, -0.25) is 0 Å². The number of benzene rings is 2. The van der Waals surface area contributed by atoms with Crippen LogP contribution in [0.4, 0.5) is 5.69 Å². The molecular weight excluding hydrogens is 258 g/mol. The Balaban J connectivity index is 1.85. The van der Waals surface area contributed by atoms with Crippen molar-refractivity contribution < 1.29 is 4.42 Å². The van der Waals surface area contributed by atoms with E-state index in [1.807, 2.05) is 24.3 Å². The second-order valence-corrected chi connectivity index (χ2v) is 5.29. The first-order valence-corrected chi connectivity index (χ1v) is 7.05. The zero-order chi connectivity index (χ0) is 14.2. The molecule has 2 aromatic carbocycles. The van der Waals surface area contributed by atoms with Gasteiger partial charge in [0, 0.05) is 29.1 Å². The van der Waals surface area contributed by atoms with Crippen molar-refractivity contribution in [2.45, 2.75) is 6.42 Å². The second-order valence-electron chi connectivity index (χ2n) is 5.29. The lowest BCUT2D eigenvalue weighted by atomic mass is 9.97. The van der Waals surface area contributed by atoms with Gasteiger partial charge in [0.15, 0.2) is 0 Å². The van der Waals surface area contributed by atoms with Gasteiger partial charge >= 0.3 is 0 Å². The van der Waals surface area contributed by atoms with Gasteiger partial charge in [0.2, 0.25) is 0 Å². The average Bonchev–Trinajstić information content (AvgIpc) is 2.70. The van der Waals surface area contributed by atoms with Crippen molar-refractivity contribution in [3.8, 4) is 0 Å². The molecule has 1 aliphatic rings. The number of hydrogen-bond donors (Lipinski definition) is 1. The maximum atomic E-state index is 5.94. The normalized spacial score (nSPS) is 13.8. The van der Waals surface area contributed by atoms with Crippen molar-refractivity contribution >= 4 is 28.3 Å². The quantitative estimate of drug-likeness (QED) is 0.654. The predicted octanol–water partition coefficient (Wildman–Crippen LogP) is 4.67. The molecule has 0 amide bonds. The molecule has 102 valence electrons. The standard InChI is InChI=1S/C19H15NO/c20-15-9-10-16-17-11-14(13-5-2-1-3-6-13)7-4-8-18(17)21-19(16)12-15/h1-10,12H,11,20H2. The Hall–Kier alpha value is -2.74. The van der Waals surface area contributed by atoms with Crippen LogP contribution in [0.2, 0.25) is 0 Å². The molecule has 0 radical (unpaired) electrons. The Morgan fingerprint density at radius 3 is 2.71 bits per heavy atom. The summed E-state index contributed by atoms with van der Waals surface area (Å²) >= 11 is 0. The van der Waals surface area contributed by atoms with Crippen LogP contribution in [0.5, 0.6) is 0 Å². The zero-order valence-electron chi connectivity index (χ0n) is 11.5. The van der Waals surface area contributed by atoms with E-state index in [0.29, 0.717) is 0 Å². The number of fused-ring (bicyclic) bond motifs is 3. The van der Waals surface area contributed by atoms with Crippen LogP contribution in [0.1, 0.15) is 16.9 Å². The number of rotatable bonds is 1. The van der Waals surface area contributed by atoms with Crippen LogP contribution >= 0.6 is 0 Å². The Bertz CT molecular complexity index is 869. The highest BCUT2D eigenvalue weighted by Gasteiger charge is 2.16. The molecule has 3 aromatic rings. The van der Waals surface area contributed by atoms with Gasteiger partial charge in [0.05, 0.1) is 0 Å². The van der Waals surface area contributed by atoms with E-state index in [1.165, 1.54) is 16.7 Å². The van der Waals surface area contributed by atoms with E-state index in [-0.39, 0.29) is 0 Å². The van der Waals surface area contributed by atoms with Crippen LogP contribution in [0.3, 0.4) is 0 Å². The molecule has 0 saturated carbocycles. The van der Waals surface area contributed by atoms with Gasteiger partial charge in [-0.1, -0.05) is 42.5 Å². The fourth-order valence-electron chi connectivity index (χ4n) is 2.85. The molecule has 1 heterocycles. The molecule has 0 bridgehead atoms. The fraction of sp³-hybridized carbons (Fsp3) is 0.0526. The van der Waals surface area contributed by atoms with E-state index >= 15 is 0 Å². The Kier molecular flexibility index (Phi) is 2.68. The van der Waals surface area contributed by atoms with Gasteiger partial charge in [-0.05, 0) is 29.3 Å². The number of nitrogen functional groups attached to an aromatic ring is 1. The van der Waals surface area contributed by atoms with Crippen molar-refractivity contribution in [2.24, 2.45) is 0 Å². The summed E-state index contributed by atoms with van der Waals surface area (Å²) in [5.74, 6) is 0.929. The lowest BCUT2D eigenvalue weighted by Gasteiger charge is -2.06. The van der Waals surface area contributed by atoms with E-state index in [4.69, 9.17) is 10.2 Å². The summed E-state index contributed by atoms with van der Waals surface area (Å²) in [5, 5.41) is 1.15. The highest BCUT2D eigenvalue weighted by molar-refractivity contribution is 5.90. The molecule has 0 saturated heterocycles. The van der Waals surface area contributed by atoms with Crippen LogP contribution < -0.4 is 5.73 Å². The smallest absolute Gasteiger partial charge is 0.137 e. The predicted molar refractivity (Wildman–Crippen MR) is 87.8 cm³/mol. The van der Waals surface area contributed by atoms with E-state index in [2.05, 4.69) is 42.5 Å². The fourth-order valence-corrected chi connectivity index (χ4v) is 2.85. The van der Waals surface area contributed by atoms with Crippen LogP contribution in [0.25, 0.3) is 22.6 Å². The molecule has 0 spiro atoms. The van der Waals surface area contributed by atoms with Crippen molar-refractivity contribution in [2.75, 3.05) is 5.73 Å². The second kappa shape index (κ2) is 4.67. The van der Waals surface area contributed by atoms with E-state index < -0.39 is 0 Å². The summed E-state index contributed by atoms with van der Waals surface area (Å²) in [7, 11) is 0. The number of hydrogen-bond acceptors (Lipinski definition) is 2. The molecule has 0 atom stereocenters. The summed E-state index contributed by atoms with van der Waals surface area (Å²) in [6.07, 6.45) is 7.11. The molecule has 2 nitrogen and oxygen atoms in total. The Labute approximate surface area is 123 Å². The van der Waals surface area contributed by atoms with Gasteiger partial charge in [0.1, 0.15) is 11.3 Å². The summed E-state index contributed by atoms with van der Waals surface area (Å²) in [6, 6.07) is 16.3. The van der Waals surface area contributed by atoms with E-state index in [9.17, 15) is 0 Å². The van der Waals surface area contributed by atoms with Gasteiger partial charge in [-0.25, -0.2) is 0 Å². The number of furan rings is 1. The van der Waals surface area contributed by atoms with Crippen molar-refractivity contribution in [3.05, 3.63) is 77.6 Å². The molecule has 2 N–H and O–H groups in total. The number of allylic oxidation sites excluding steroid dienone is 3. The topological polar surface area (TPSA) is 39.2 Å². The minimum Gasteiger partial charge on any atom is -0.456 e. The van der Waals surface area contributed by atoms with Crippen molar-refractivity contribution in [1.82, 2.24) is 0 Å². The highest BCUT2D eigenvalue weighted by atomic mass is 16.3. The van der Waals surface area contributed by atoms with E-state index in [0.717, 1.165) is 28.8 Å². The largest absolute Gasteiger partial charge is 0.456 e. The van der Waals surface area contributed by atoms with Crippen molar-refractivity contribution in [1.29, 1.82) is 0 Å². The lowest BCUT2D eigenvalue weighted by Crippen LogP contribution is -1.90. The third-order valence-corrected chi connectivity index (χ3v) is 3.90. The highest BCUT2D eigenvalue weighted by Crippen LogP contribution is 2.34. The summed E-state index contributed by atoms with van der Waals surface area (Å²) in [6.45, 7) is 0. The van der Waals surface area contributed by atoms with E-state index in [1.54, 1.807) is 0 Å². The average molecular weight is 273 g/mol. The summed E-state index contributed by atoms with van der Waals surface area (Å²) in [4.78, 5) is 0.